The molecule has 146 valence electrons. The van der Waals surface area contributed by atoms with Crippen molar-refractivity contribution in [2.45, 2.75) is 13.0 Å². The summed E-state index contributed by atoms with van der Waals surface area (Å²) in [6.07, 6.45) is 6.52. The van der Waals surface area contributed by atoms with E-state index in [4.69, 9.17) is 14.7 Å². The predicted octanol–water partition coefficient (Wildman–Crippen LogP) is 2.38. The summed E-state index contributed by atoms with van der Waals surface area (Å²) in [7, 11) is 0. The second kappa shape index (κ2) is 8.71. The number of aromatic hydroxyl groups is 1. The Bertz CT molecular complexity index is 893. The van der Waals surface area contributed by atoms with Gasteiger partial charge >= 0.3 is 0 Å². The van der Waals surface area contributed by atoms with E-state index in [2.05, 4.69) is 19.8 Å². The Kier molecular flexibility index (Phi) is 5.67. The molecule has 1 aromatic carbocycles. The van der Waals surface area contributed by atoms with Gasteiger partial charge in [0.05, 0.1) is 25.2 Å². The molecule has 4 rings (SSSR count). The van der Waals surface area contributed by atoms with Crippen molar-refractivity contribution in [3.05, 3.63) is 49.1 Å². The zero-order valence-electron chi connectivity index (χ0n) is 15.7. The maximum atomic E-state index is 9.83. The molecule has 28 heavy (non-hydrogen) atoms. The van der Waals surface area contributed by atoms with Crippen molar-refractivity contribution in [3.8, 4) is 17.0 Å². The van der Waals surface area contributed by atoms with Crippen LogP contribution in [0.15, 0.2) is 49.1 Å². The molecule has 3 aromatic rings. The largest absolute Gasteiger partial charge is 0.508 e. The summed E-state index contributed by atoms with van der Waals surface area (Å²) in [6, 6.07) is 9.06. The van der Waals surface area contributed by atoms with E-state index in [9.17, 15) is 5.11 Å². The van der Waals surface area contributed by atoms with E-state index < -0.39 is 0 Å². The number of hydrogen-bond acceptors (Lipinski definition) is 7. The first-order chi connectivity index (χ1) is 13.8. The van der Waals surface area contributed by atoms with Gasteiger partial charge in [0.25, 0.3) is 0 Å². The van der Waals surface area contributed by atoms with Crippen molar-refractivity contribution in [1.82, 2.24) is 19.5 Å². The van der Waals surface area contributed by atoms with Crippen molar-refractivity contribution in [2.24, 2.45) is 0 Å². The molecule has 0 spiro atoms. The molecule has 1 aliphatic rings. The molecular formula is C20H24N6O2. The van der Waals surface area contributed by atoms with Crippen molar-refractivity contribution in [2.75, 3.05) is 43.1 Å². The van der Waals surface area contributed by atoms with Gasteiger partial charge in [0.1, 0.15) is 11.6 Å². The Morgan fingerprint density at radius 1 is 1.14 bits per heavy atom. The summed E-state index contributed by atoms with van der Waals surface area (Å²) < 4.78 is 7.50. The van der Waals surface area contributed by atoms with Gasteiger partial charge in [-0.15, -0.1) is 0 Å². The number of aryl methyl sites for hydroxylation is 1. The van der Waals surface area contributed by atoms with Crippen LogP contribution in [0.3, 0.4) is 0 Å². The average molecular weight is 380 g/mol. The fourth-order valence-corrected chi connectivity index (χ4v) is 3.14. The number of phenolic OH excluding ortho intramolecular Hbond substituents is 1. The number of rotatable bonds is 7. The second-order valence-corrected chi connectivity index (χ2v) is 6.67. The lowest BCUT2D eigenvalue weighted by atomic mass is 10.1. The summed E-state index contributed by atoms with van der Waals surface area (Å²) in [6.45, 7) is 4.57. The van der Waals surface area contributed by atoms with Crippen LogP contribution in [0.25, 0.3) is 11.3 Å². The summed E-state index contributed by atoms with van der Waals surface area (Å²) in [4.78, 5) is 15.6. The molecule has 2 aromatic heterocycles. The van der Waals surface area contributed by atoms with Crippen molar-refractivity contribution < 1.29 is 9.84 Å². The lowest BCUT2D eigenvalue weighted by molar-refractivity contribution is 0.122. The summed E-state index contributed by atoms with van der Waals surface area (Å²) >= 11 is 0. The van der Waals surface area contributed by atoms with Crippen molar-refractivity contribution in [3.63, 3.8) is 0 Å². The highest BCUT2D eigenvalue weighted by molar-refractivity contribution is 5.66. The maximum absolute atomic E-state index is 9.83. The molecule has 0 aliphatic carbocycles. The number of benzene rings is 1. The third kappa shape index (κ3) is 4.58. The van der Waals surface area contributed by atoms with Crippen LogP contribution < -0.4 is 10.2 Å². The first-order valence-electron chi connectivity index (χ1n) is 9.49. The maximum Gasteiger partial charge on any atom is 0.228 e. The van der Waals surface area contributed by atoms with E-state index in [0.29, 0.717) is 19.2 Å². The molecular weight excluding hydrogens is 356 g/mol. The molecule has 0 bridgehead atoms. The molecule has 0 saturated carbocycles. The van der Waals surface area contributed by atoms with Crippen LogP contribution in [0.5, 0.6) is 5.75 Å². The molecule has 2 N–H and O–H groups in total. The molecule has 1 aliphatic heterocycles. The molecule has 0 atom stereocenters. The Labute approximate surface area is 163 Å². The first kappa shape index (κ1) is 18.2. The number of anilines is 2. The fourth-order valence-electron chi connectivity index (χ4n) is 3.14. The second-order valence-electron chi connectivity index (χ2n) is 6.67. The van der Waals surface area contributed by atoms with Crippen LogP contribution in [0.2, 0.25) is 0 Å². The van der Waals surface area contributed by atoms with Gasteiger partial charge in [0.2, 0.25) is 5.95 Å². The van der Waals surface area contributed by atoms with Crippen molar-refractivity contribution >= 4 is 11.8 Å². The molecule has 1 fully saturated rings. The molecule has 8 heteroatoms. The molecule has 0 radical (unpaired) electrons. The Balaban J connectivity index is 1.52. The van der Waals surface area contributed by atoms with Gasteiger partial charge in [0, 0.05) is 50.2 Å². The lowest BCUT2D eigenvalue weighted by Crippen LogP contribution is -2.37. The minimum absolute atomic E-state index is 0.221. The third-order valence-corrected chi connectivity index (χ3v) is 4.61. The predicted molar refractivity (Wildman–Crippen MR) is 107 cm³/mol. The third-order valence-electron chi connectivity index (χ3n) is 4.61. The SMILES string of the molecule is Oc1cccc(-c2cc(NCCCn3ccnc3)nc(N3CCOCC3)n2)c1. The monoisotopic (exact) mass is 380 g/mol. The first-order valence-corrected chi connectivity index (χ1v) is 9.49. The number of imidazole rings is 1. The van der Waals surface area contributed by atoms with E-state index in [1.54, 1.807) is 18.3 Å². The van der Waals surface area contributed by atoms with Crippen molar-refractivity contribution in [1.29, 1.82) is 0 Å². The van der Waals surface area contributed by atoms with Gasteiger partial charge in [-0.25, -0.2) is 9.97 Å². The summed E-state index contributed by atoms with van der Waals surface area (Å²) in [5.41, 5.74) is 1.64. The minimum Gasteiger partial charge on any atom is -0.508 e. The van der Waals surface area contributed by atoms with Crippen LogP contribution in [0.4, 0.5) is 11.8 Å². The Morgan fingerprint density at radius 3 is 2.82 bits per heavy atom. The van der Waals surface area contributed by atoms with Gasteiger partial charge in [0.15, 0.2) is 0 Å². The zero-order valence-corrected chi connectivity index (χ0v) is 15.7. The van der Waals surface area contributed by atoms with Gasteiger partial charge in [-0.2, -0.15) is 4.98 Å². The quantitative estimate of drug-likeness (QED) is 0.609. The van der Waals surface area contributed by atoms with E-state index in [1.807, 2.05) is 30.7 Å². The highest BCUT2D eigenvalue weighted by atomic mass is 16.5. The molecule has 1 saturated heterocycles. The van der Waals surface area contributed by atoms with E-state index in [1.165, 1.54) is 0 Å². The number of nitrogens with zero attached hydrogens (tertiary/aromatic N) is 5. The Hall–Kier alpha value is -3.13. The number of aromatic nitrogens is 4. The van der Waals surface area contributed by atoms with E-state index in [-0.39, 0.29) is 5.75 Å². The van der Waals surface area contributed by atoms with Crippen LogP contribution in [-0.2, 0) is 11.3 Å². The van der Waals surface area contributed by atoms with Gasteiger partial charge in [-0.3, -0.25) is 0 Å². The average Bonchev–Trinajstić information content (AvgIpc) is 3.25. The standard InChI is InChI=1S/C20H24N6O2/c27-17-4-1-3-16(13-17)18-14-19(22-5-2-7-25-8-6-21-15-25)24-20(23-18)26-9-11-28-12-10-26/h1,3-4,6,8,13-15,27H,2,5,7,9-12H2,(H,22,23,24). The van der Waals surface area contributed by atoms with Crippen LogP contribution in [-0.4, -0.2) is 57.5 Å². The lowest BCUT2D eigenvalue weighted by Gasteiger charge is -2.27. The van der Waals surface area contributed by atoms with E-state index >= 15 is 0 Å². The van der Waals surface area contributed by atoms with E-state index in [0.717, 1.165) is 49.7 Å². The Morgan fingerprint density at radius 2 is 2.04 bits per heavy atom. The smallest absolute Gasteiger partial charge is 0.228 e. The highest BCUT2D eigenvalue weighted by Crippen LogP contribution is 2.26. The number of hydrogen-bond donors (Lipinski definition) is 2. The summed E-state index contributed by atoms with van der Waals surface area (Å²) in [5, 5.41) is 13.2. The zero-order chi connectivity index (χ0) is 19.2. The number of phenols is 1. The van der Waals surface area contributed by atoms with Crippen LogP contribution in [0, 0.1) is 0 Å². The molecule has 0 unspecified atom stereocenters. The topological polar surface area (TPSA) is 88.3 Å². The van der Waals surface area contributed by atoms with Gasteiger partial charge in [-0.1, -0.05) is 12.1 Å². The number of nitrogens with one attached hydrogen (secondary N) is 1. The van der Waals surface area contributed by atoms with Gasteiger partial charge < -0.3 is 24.6 Å². The minimum atomic E-state index is 0.221. The highest BCUT2D eigenvalue weighted by Gasteiger charge is 2.16. The fraction of sp³-hybridized carbons (Fsp3) is 0.350. The van der Waals surface area contributed by atoms with Crippen LogP contribution >= 0.6 is 0 Å². The molecule has 3 heterocycles. The normalized spacial score (nSPS) is 14.2. The van der Waals surface area contributed by atoms with Crippen LogP contribution in [0.1, 0.15) is 6.42 Å². The number of morpholine rings is 1. The molecule has 0 amide bonds. The van der Waals surface area contributed by atoms with Gasteiger partial charge in [-0.05, 0) is 18.6 Å². The number of ether oxygens (including phenoxy) is 1. The molecule has 8 nitrogen and oxygen atoms in total. The summed E-state index contributed by atoms with van der Waals surface area (Å²) in [5.74, 6) is 1.68.